The number of carbonyl (C=O) groups is 1. The maximum Gasteiger partial charge on any atom is 0.223 e. The second-order valence-electron chi connectivity index (χ2n) is 7.25. The van der Waals surface area contributed by atoms with E-state index in [-0.39, 0.29) is 23.7 Å². The summed E-state index contributed by atoms with van der Waals surface area (Å²) in [6.45, 7) is 7.55. The Balaban J connectivity index is 1.73. The van der Waals surface area contributed by atoms with Gasteiger partial charge in [0.05, 0.1) is 6.04 Å². The highest BCUT2D eigenvalue weighted by atomic mass is 19.1. The molecule has 1 amide bonds. The van der Waals surface area contributed by atoms with Gasteiger partial charge in [-0.2, -0.15) is 0 Å². The fourth-order valence-corrected chi connectivity index (χ4v) is 3.70. The first-order valence-corrected chi connectivity index (χ1v) is 9.28. The van der Waals surface area contributed by atoms with Crippen LogP contribution in [-0.4, -0.2) is 57.1 Å². The molecule has 0 spiro atoms. The van der Waals surface area contributed by atoms with E-state index in [4.69, 9.17) is 0 Å². The molecule has 2 aliphatic heterocycles. The molecule has 2 N–H and O–H groups in total. The first-order valence-electron chi connectivity index (χ1n) is 9.28. The molecule has 0 bridgehead atoms. The molecule has 1 aromatic rings. The molecular weight excluding hydrogens is 319 g/mol. The van der Waals surface area contributed by atoms with E-state index in [1.807, 2.05) is 13.0 Å². The number of anilines is 1. The van der Waals surface area contributed by atoms with E-state index in [0.717, 1.165) is 63.4 Å². The van der Waals surface area contributed by atoms with Gasteiger partial charge >= 0.3 is 0 Å². The number of hydrogen-bond acceptors (Lipinski definition) is 4. The second-order valence-corrected chi connectivity index (χ2v) is 7.25. The van der Waals surface area contributed by atoms with Crippen LogP contribution in [0.1, 0.15) is 31.4 Å². The van der Waals surface area contributed by atoms with Gasteiger partial charge in [-0.05, 0) is 58.1 Å². The highest BCUT2D eigenvalue weighted by Gasteiger charge is 2.25. The predicted octanol–water partition coefficient (Wildman–Crippen LogP) is 1.75. The quantitative estimate of drug-likeness (QED) is 0.870. The van der Waals surface area contributed by atoms with Gasteiger partial charge in [0.15, 0.2) is 0 Å². The van der Waals surface area contributed by atoms with Crippen molar-refractivity contribution in [2.45, 2.75) is 25.8 Å². The standard InChI is InChI=1S/C19H29FN4O/c1-14(22-19(25)15-5-7-21-8-6-15)17-13-16(20)3-4-18(17)24-11-9-23(2)10-12-24/h3-4,13-15,21H,5-12H2,1-2H3,(H,22,25). The minimum Gasteiger partial charge on any atom is -0.369 e. The maximum atomic E-state index is 13.9. The number of piperidine rings is 1. The summed E-state index contributed by atoms with van der Waals surface area (Å²) in [5.74, 6) is -0.109. The van der Waals surface area contributed by atoms with Gasteiger partial charge in [0.25, 0.3) is 0 Å². The number of carbonyl (C=O) groups excluding carboxylic acids is 1. The van der Waals surface area contributed by atoms with E-state index in [1.54, 1.807) is 6.07 Å². The minimum atomic E-state index is -0.254. The monoisotopic (exact) mass is 348 g/mol. The molecule has 2 aliphatic rings. The van der Waals surface area contributed by atoms with Crippen LogP contribution in [0.3, 0.4) is 0 Å². The third kappa shape index (κ3) is 4.50. The lowest BCUT2D eigenvalue weighted by atomic mass is 9.96. The average molecular weight is 348 g/mol. The van der Waals surface area contributed by atoms with Gasteiger partial charge in [-0.25, -0.2) is 4.39 Å². The molecule has 0 aromatic heterocycles. The van der Waals surface area contributed by atoms with Crippen LogP contribution in [0.4, 0.5) is 10.1 Å². The summed E-state index contributed by atoms with van der Waals surface area (Å²) in [5, 5.41) is 6.39. The topological polar surface area (TPSA) is 47.6 Å². The number of halogens is 1. The first-order chi connectivity index (χ1) is 12.0. The van der Waals surface area contributed by atoms with Gasteiger partial charge < -0.3 is 20.4 Å². The Morgan fingerprint density at radius 2 is 1.92 bits per heavy atom. The van der Waals surface area contributed by atoms with Crippen molar-refractivity contribution in [2.24, 2.45) is 5.92 Å². The lowest BCUT2D eigenvalue weighted by Gasteiger charge is -2.36. The number of benzene rings is 1. The molecule has 2 heterocycles. The molecule has 0 aliphatic carbocycles. The van der Waals surface area contributed by atoms with Crippen molar-refractivity contribution in [2.75, 3.05) is 51.2 Å². The second kappa shape index (κ2) is 8.15. The molecule has 2 fully saturated rings. The fraction of sp³-hybridized carbons (Fsp3) is 0.632. The lowest BCUT2D eigenvalue weighted by molar-refractivity contribution is -0.126. The van der Waals surface area contributed by atoms with Crippen LogP contribution in [-0.2, 0) is 4.79 Å². The first kappa shape index (κ1) is 18.1. The van der Waals surface area contributed by atoms with Crippen molar-refractivity contribution in [3.8, 4) is 0 Å². The van der Waals surface area contributed by atoms with Crippen LogP contribution in [0, 0.1) is 11.7 Å². The number of nitrogens with zero attached hydrogens (tertiary/aromatic N) is 2. The Morgan fingerprint density at radius 3 is 2.60 bits per heavy atom. The van der Waals surface area contributed by atoms with Gasteiger partial charge in [0, 0.05) is 43.3 Å². The van der Waals surface area contributed by atoms with E-state index in [9.17, 15) is 9.18 Å². The number of hydrogen-bond donors (Lipinski definition) is 2. The van der Waals surface area contributed by atoms with Crippen molar-refractivity contribution >= 4 is 11.6 Å². The summed E-state index contributed by atoms with van der Waals surface area (Å²) < 4.78 is 13.9. The van der Waals surface area contributed by atoms with Crippen molar-refractivity contribution in [3.05, 3.63) is 29.6 Å². The number of rotatable bonds is 4. The van der Waals surface area contributed by atoms with Crippen LogP contribution < -0.4 is 15.5 Å². The third-order valence-electron chi connectivity index (χ3n) is 5.37. The molecule has 1 unspecified atom stereocenters. The molecule has 0 radical (unpaired) electrons. The van der Waals surface area contributed by atoms with Gasteiger partial charge in [-0.15, -0.1) is 0 Å². The predicted molar refractivity (Wildman–Crippen MR) is 98.3 cm³/mol. The molecule has 2 saturated heterocycles. The van der Waals surface area contributed by atoms with E-state index in [1.165, 1.54) is 6.07 Å². The zero-order chi connectivity index (χ0) is 17.8. The van der Waals surface area contributed by atoms with Gasteiger partial charge in [-0.1, -0.05) is 0 Å². The average Bonchev–Trinajstić information content (AvgIpc) is 2.63. The van der Waals surface area contributed by atoms with E-state index >= 15 is 0 Å². The number of nitrogens with one attached hydrogen (secondary N) is 2. The Bertz CT molecular complexity index is 595. The summed E-state index contributed by atoms with van der Waals surface area (Å²) in [6.07, 6.45) is 1.74. The molecule has 138 valence electrons. The number of likely N-dealkylation sites (N-methyl/N-ethyl adjacent to an activating group) is 1. The summed E-state index contributed by atoms with van der Waals surface area (Å²) in [4.78, 5) is 17.1. The zero-order valence-corrected chi connectivity index (χ0v) is 15.2. The van der Waals surface area contributed by atoms with Gasteiger partial charge in [0.2, 0.25) is 5.91 Å². The number of piperazine rings is 1. The van der Waals surface area contributed by atoms with Crippen molar-refractivity contribution in [3.63, 3.8) is 0 Å². The third-order valence-corrected chi connectivity index (χ3v) is 5.37. The Labute approximate surface area is 149 Å². The SMILES string of the molecule is CC(NC(=O)C1CCNCC1)c1cc(F)ccc1N1CCN(C)CC1. The van der Waals surface area contributed by atoms with E-state index in [2.05, 4.69) is 27.5 Å². The normalized spacial score (nSPS) is 21.2. The molecule has 0 saturated carbocycles. The van der Waals surface area contributed by atoms with Crippen LogP contribution in [0.2, 0.25) is 0 Å². The van der Waals surface area contributed by atoms with E-state index in [0.29, 0.717) is 0 Å². The molecule has 1 aromatic carbocycles. The smallest absolute Gasteiger partial charge is 0.223 e. The van der Waals surface area contributed by atoms with Crippen LogP contribution in [0.15, 0.2) is 18.2 Å². The lowest BCUT2D eigenvalue weighted by Crippen LogP contribution is -2.45. The molecule has 6 heteroatoms. The highest BCUT2D eigenvalue weighted by Crippen LogP contribution is 2.29. The fourth-order valence-electron chi connectivity index (χ4n) is 3.70. The minimum absolute atomic E-state index is 0.0596. The van der Waals surface area contributed by atoms with Crippen LogP contribution in [0.25, 0.3) is 0 Å². The van der Waals surface area contributed by atoms with Crippen molar-refractivity contribution in [1.29, 1.82) is 0 Å². The number of amides is 1. The molecule has 3 rings (SSSR count). The molecule has 5 nitrogen and oxygen atoms in total. The Hall–Kier alpha value is -1.66. The van der Waals surface area contributed by atoms with Gasteiger partial charge in [0.1, 0.15) is 5.82 Å². The van der Waals surface area contributed by atoms with Crippen LogP contribution in [0.5, 0.6) is 0 Å². The Morgan fingerprint density at radius 1 is 1.24 bits per heavy atom. The van der Waals surface area contributed by atoms with Crippen molar-refractivity contribution < 1.29 is 9.18 Å². The summed E-state index contributed by atoms with van der Waals surface area (Å²) >= 11 is 0. The maximum absolute atomic E-state index is 13.9. The Kier molecular flexibility index (Phi) is 5.91. The summed E-state index contributed by atoms with van der Waals surface area (Å²) in [5.41, 5.74) is 1.90. The van der Waals surface area contributed by atoms with Gasteiger partial charge in [-0.3, -0.25) is 4.79 Å². The summed E-state index contributed by atoms with van der Waals surface area (Å²) in [6, 6.07) is 4.73. The molecule has 1 atom stereocenters. The summed E-state index contributed by atoms with van der Waals surface area (Å²) in [7, 11) is 2.12. The van der Waals surface area contributed by atoms with E-state index < -0.39 is 0 Å². The zero-order valence-electron chi connectivity index (χ0n) is 15.2. The molecular formula is C19H29FN4O. The largest absolute Gasteiger partial charge is 0.369 e. The molecule has 25 heavy (non-hydrogen) atoms. The highest BCUT2D eigenvalue weighted by molar-refractivity contribution is 5.79. The van der Waals surface area contributed by atoms with Crippen LogP contribution >= 0.6 is 0 Å². The van der Waals surface area contributed by atoms with Crippen molar-refractivity contribution in [1.82, 2.24) is 15.5 Å².